The molecule has 6 nitrogen and oxygen atoms in total. The van der Waals surface area contributed by atoms with Gasteiger partial charge in [0.25, 0.3) is 0 Å². The zero-order valence-electron chi connectivity index (χ0n) is 17.0. The van der Waals surface area contributed by atoms with Gasteiger partial charge in [-0.3, -0.25) is 0 Å². The van der Waals surface area contributed by atoms with E-state index in [0.29, 0.717) is 6.54 Å². The van der Waals surface area contributed by atoms with E-state index in [9.17, 15) is 4.79 Å². The van der Waals surface area contributed by atoms with Gasteiger partial charge in [-0.1, -0.05) is 25.5 Å². The quantitative estimate of drug-likeness (QED) is 0.699. The van der Waals surface area contributed by atoms with Crippen molar-refractivity contribution in [1.29, 1.82) is 0 Å². The number of hydrogen-bond acceptors (Lipinski definition) is 3. The van der Waals surface area contributed by atoms with Crippen molar-refractivity contribution in [3.05, 3.63) is 54.5 Å². The molecule has 0 spiro atoms. The van der Waals surface area contributed by atoms with Gasteiger partial charge in [0.2, 0.25) is 0 Å². The largest absolute Gasteiger partial charge is 0.490 e. The molecule has 2 N–H and O–H groups in total. The number of piperidine rings is 1. The molecule has 29 heavy (non-hydrogen) atoms. The second kappa shape index (κ2) is 8.15. The monoisotopic (exact) mass is 392 g/mol. The fourth-order valence-electron chi connectivity index (χ4n) is 4.36. The van der Waals surface area contributed by atoms with Crippen LogP contribution in [0.25, 0.3) is 16.8 Å². The van der Waals surface area contributed by atoms with Crippen molar-refractivity contribution in [1.82, 2.24) is 14.3 Å². The van der Waals surface area contributed by atoms with Gasteiger partial charge in [0.05, 0.1) is 0 Å². The molecular formula is C23H28N4O2. The van der Waals surface area contributed by atoms with Crippen molar-refractivity contribution in [2.45, 2.75) is 51.7 Å². The number of hydrogen-bond donors (Lipinski definition) is 1. The van der Waals surface area contributed by atoms with Gasteiger partial charge in [0.15, 0.2) is 0 Å². The van der Waals surface area contributed by atoms with E-state index in [-0.39, 0.29) is 18.2 Å². The van der Waals surface area contributed by atoms with E-state index >= 15 is 0 Å². The first-order valence-corrected chi connectivity index (χ1v) is 10.3. The molecule has 0 bridgehead atoms. The Hall–Kier alpha value is -3.02. The van der Waals surface area contributed by atoms with Crippen LogP contribution in [0.5, 0.6) is 5.75 Å². The fraction of sp³-hybridized carbons (Fsp3) is 0.391. The molecule has 0 aliphatic carbocycles. The van der Waals surface area contributed by atoms with Crippen LogP contribution in [0.15, 0.2) is 48.9 Å². The number of benzene rings is 1. The van der Waals surface area contributed by atoms with Crippen LogP contribution in [0, 0.1) is 6.92 Å². The molecule has 1 saturated heterocycles. The highest BCUT2D eigenvalue weighted by molar-refractivity contribution is 5.73. The third-order valence-corrected chi connectivity index (χ3v) is 5.85. The summed E-state index contributed by atoms with van der Waals surface area (Å²) in [5, 5.41) is 0. The van der Waals surface area contributed by atoms with Crippen LogP contribution in [0.2, 0.25) is 0 Å². The van der Waals surface area contributed by atoms with E-state index in [4.69, 9.17) is 10.5 Å². The van der Waals surface area contributed by atoms with Crippen LogP contribution < -0.4 is 10.5 Å². The maximum atomic E-state index is 11.7. The third-order valence-electron chi connectivity index (χ3n) is 5.85. The maximum absolute atomic E-state index is 11.7. The average molecular weight is 393 g/mol. The number of aromatic nitrogens is 2. The molecule has 2 atom stereocenters. The number of amides is 2. The van der Waals surface area contributed by atoms with E-state index in [1.54, 1.807) is 4.90 Å². The maximum Gasteiger partial charge on any atom is 0.315 e. The average Bonchev–Trinajstić information content (AvgIpc) is 3.19. The topological polar surface area (TPSA) is 72.9 Å². The number of likely N-dealkylation sites (tertiary alicyclic amines) is 1. The lowest BCUT2D eigenvalue weighted by Crippen LogP contribution is -2.50. The molecule has 1 fully saturated rings. The Morgan fingerprint density at radius 1 is 1.24 bits per heavy atom. The summed E-state index contributed by atoms with van der Waals surface area (Å²) in [6.45, 7) is 4.89. The zero-order valence-corrected chi connectivity index (χ0v) is 17.0. The van der Waals surface area contributed by atoms with E-state index in [2.05, 4.69) is 37.0 Å². The van der Waals surface area contributed by atoms with Crippen molar-refractivity contribution in [2.75, 3.05) is 6.54 Å². The molecule has 3 heterocycles. The van der Waals surface area contributed by atoms with Crippen LogP contribution in [-0.4, -0.2) is 39.0 Å². The van der Waals surface area contributed by atoms with Crippen molar-refractivity contribution >= 4 is 11.7 Å². The Morgan fingerprint density at radius 3 is 2.76 bits per heavy atom. The molecule has 0 saturated carbocycles. The van der Waals surface area contributed by atoms with Gasteiger partial charge >= 0.3 is 6.03 Å². The number of carbonyl (C=O) groups is 1. The number of rotatable bonds is 5. The molecule has 1 aliphatic heterocycles. The molecule has 2 amide bonds. The summed E-state index contributed by atoms with van der Waals surface area (Å²) in [4.78, 5) is 17.9. The lowest BCUT2D eigenvalue weighted by atomic mass is 9.96. The van der Waals surface area contributed by atoms with E-state index in [1.165, 1.54) is 5.56 Å². The molecule has 4 rings (SSSR count). The number of pyridine rings is 1. The number of nitrogens with two attached hydrogens (primary N) is 1. The summed E-state index contributed by atoms with van der Waals surface area (Å²) in [5.74, 6) is 0.862. The first kappa shape index (κ1) is 19.3. The summed E-state index contributed by atoms with van der Waals surface area (Å²) < 4.78 is 8.27. The van der Waals surface area contributed by atoms with Crippen molar-refractivity contribution in [2.24, 2.45) is 5.73 Å². The molecular weight excluding hydrogens is 364 g/mol. The van der Waals surface area contributed by atoms with Gasteiger partial charge in [0.1, 0.15) is 17.5 Å². The molecule has 6 heteroatoms. The lowest BCUT2D eigenvalue weighted by molar-refractivity contribution is 0.0730. The molecule has 2 unspecified atom stereocenters. The summed E-state index contributed by atoms with van der Waals surface area (Å²) in [7, 11) is 0. The SMILES string of the molecule is CCCC1CC(Oc2ccc(-c3ccn4ccnc4c3C)cc2)CCN1C(N)=O. The van der Waals surface area contributed by atoms with Crippen molar-refractivity contribution in [3.63, 3.8) is 0 Å². The second-order valence-electron chi connectivity index (χ2n) is 7.78. The predicted molar refractivity (Wildman–Crippen MR) is 114 cm³/mol. The van der Waals surface area contributed by atoms with Crippen LogP contribution in [-0.2, 0) is 0 Å². The Balaban J connectivity index is 1.47. The second-order valence-corrected chi connectivity index (χ2v) is 7.78. The molecule has 1 aliphatic rings. The Labute approximate surface area is 171 Å². The Kier molecular flexibility index (Phi) is 5.43. The third kappa shape index (κ3) is 3.92. The smallest absolute Gasteiger partial charge is 0.315 e. The van der Waals surface area contributed by atoms with Gasteiger partial charge in [-0.15, -0.1) is 0 Å². The van der Waals surface area contributed by atoms with Crippen LogP contribution >= 0.6 is 0 Å². The van der Waals surface area contributed by atoms with Crippen molar-refractivity contribution in [3.8, 4) is 16.9 Å². The number of primary amides is 1. The zero-order chi connectivity index (χ0) is 20.4. The minimum absolute atomic E-state index is 0.107. The molecule has 2 aromatic heterocycles. The highest BCUT2D eigenvalue weighted by atomic mass is 16.5. The molecule has 3 aromatic rings. The van der Waals surface area contributed by atoms with Gasteiger partial charge in [-0.2, -0.15) is 0 Å². The number of imidazole rings is 1. The minimum atomic E-state index is -0.323. The summed E-state index contributed by atoms with van der Waals surface area (Å²) in [5.41, 5.74) is 10.00. The van der Waals surface area contributed by atoms with Gasteiger partial charge in [-0.25, -0.2) is 9.78 Å². The standard InChI is InChI=1S/C23H28N4O2/c1-3-4-18-15-20(9-13-27(18)23(24)28)29-19-7-5-17(6-8-19)21-10-12-26-14-11-25-22(26)16(21)2/h5-8,10-12,14,18,20H,3-4,9,13,15H2,1-2H3,(H2,24,28). The molecule has 1 aromatic carbocycles. The highest BCUT2D eigenvalue weighted by Crippen LogP contribution is 2.29. The van der Waals surface area contributed by atoms with E-state index < -0.39 is 0 Å². The van der Waals surface area contributed by atoms with Gasteiger partial charge in [0, 0.05) is 49.6 Å². The number of ether oxygens (including phenoxy) is 1. The van der Waals surface area contributed by atoms with Crippen molar-refractivity contribution < 1.29 is 9.53 Å². The van der Waals surface area contributed by atoms with Crippen LogP contribution in [0.3, 0.4) is 0 Å². The molecule has 152 valence electrons. The number of carbonyl (C=O) groups excluding carboxylic acids is 1. The summed E-state index contributed by atoms with van der Waals surface area (Å²) >= 11 is 0. The normalized spacial score (nSPS) is 19.4. The Morgan fingerprint density at radius 2 is 2.03 bits per heavy atom. The van der Waals surface area contributed by atoms with Gasteiger partial charge < -0.3 is 19.8 Å². The fourth-order valence-corrected chi connectivity index (χ4v) is 4.36. The number of aryl methyl sites for hydroxylation is 1. The van der Waals surface area contributed by atoms with Crippen LogP contribution in [0.4, 0.5) is 4.79 Å². The lowest BCUT2D eigenvalue weighted by Gasteiger charge is -2.38. The number of fused-ring (bicyclic) bond motifs is 1. The van der Waals surface area contributed by atoms with E-state index in [0.717, 1.165) is 48.2 Å². The number of urea groups is 1. The summed E-state index contributed by atoms with van der Waals surface area (Å²) in [6, 6.07) is 10.2. The Bertz CT molecular complexity index is 996. The first-order chi connectivity index (χ1) is 14.1. The van der Waals surface area contributed by atoms with Crippen LogP contribution in [0.1, 0.15) is 38.2 Å². The highest BCUT2D eigenvalue weighted by Gasteiger charge is 2.31. The number of nitrogens with zero attached hydrogens (tertiary/aromatic N) is 3. The van der Waals surface area contributed by atoms with Gasteiger partial charge in [-0.05, 0) is 42.7 Å². The summed E-state index contributed by atoms with van der Waals surface area (Å²) in [6.07, 6.45) is 9.53. The predicted octanol–water partition coefficient (Wildman–Crippen LogP) is 4.40. The molecule has 0 radical (unpaired) electrons. The minimum Gasteiger partial charge on any atom is -0.490 e. The van der Waals surface area contributed by atoms with E-state index in [1.807, 2.05) is 35.1 Å². The first-order valence-electron chi connectivity index (χ1n) is 10.3.